The maximum absolute atomic E-state index is 13.2. The molecule has 0 spiro atoms. The molecule has 4 nitrogen and oxygen atoms in total. The first-order valence-electron chi connectivity index (χ1n) is 11.2. The van der Waals surface area contributed by atoms with Crippen LogP contribution in [0.1, 0.15) is 42.7 Å². The highest BCUT2D eigenvalue weighted by Crippen LogP contribution is 2.45. The number of piperidine rings is 1. The fraction of sp³-hybridized carbons (Fsp3) is 0.423. The second-order valence-corrected chi connectivity index (χ2v) is 9.04. The molecule has 0 radical (unpaired) electrons. The van der Waals surface area contributed by atoms with E-state index in [1.165, 1.54) is 34.2 Å². The lowest BCUT2D eigenvalue weighted by atomic mass is 9.80. The van der Waals surface area contributed by atoms with Gasteiger partial charge in [-0.25, -0.2) is 4.79 Å². The summed E-state index contributed by atoms with van der Waals surface area (Å²) >= 11 is 0. The molecule has 1 amide bonds. The Morgan fingerprint density at radius 3 is 2.33 bits per heavy atom. The maximum Gasteiger partial charge on any atom is 0.410 e. The zero-order valence-corrected chi connectivity index (χ0v) is 17.1. The van der Waals surface area contributed by atoms with Crippen LogP contribution in [-0.2, 0) is 9.47 Å². The van der Waals surface area contributed by atoms with Gasteiger partial charge in [-0.15, -0.1) is 0 Å². The molecule has 30 heavy (non-hydrogen) atoms. The molecule has 6 rings (SSSR count). The third-order valence-corrected chi connectivity index (χ3v) is 7.38. The molecule has 2 unspecified atom stereocenters. The molecule has 0 saturated carbocycles. The van der Waals surface area contributed by atoms with E-state index in [1.807, 2.05) is 4.90 Å². The molecule has 2 aromatic carbocycles. The molecule has 154 valence electrons. The second kappa shape index (κ2) is 7.28. The fourth-order valence-corrected chi connectivity index (χ4v) is 5.77. The molecule has 3 heterocycles. The topological polar surface area (TPSA) is 38.8 Å². The molecule has 1 aliphatic carbocycles. The number of benzene rings is 2. The molecule has 2 aromatic rings. The van der Waals surface area contributed by atoms with Crippen LogP contribution >= 0.6 is 0 Å². The maximum atomic E-state index is 13.2. The largest absolute Gasteiger partial charge is 0.448 e. The van der Waals surface area contributed by atoms with Gasteiger partial charge in [0.15, 0.2) is 0 Å². The number of fused-ring (bicyclic) bond motifs is 5. The van der Waals surface area contributed by atoms with Gasteiger partial charge in [0.2, 0.25) is 0 Å². The summed E-state index contributed by atoms with van der Waals surface area (Å²) in [6.07, 6.45) is 6.47. The summed E-state index contributed by atoms with van der Waals surface area (Å²) < 4.78 is 11.4. The van der Waals surface area contributed by atoms with Gasteiger partial charge >= 0.3 is 6.09 Å². The molecule has 2 fully saturated rings. The van der Waals surface area contributed by atoms with Crippen molar-refractivity contribution in [3.05, 3.63) is 71.3 Å². The van der Waals surface area contributed by atoms with Gasteiger partial charge in [0.25, 0.3) is 0 Å². The monoisotopic (exact) mass is 401 g/mol. The minimum atomic E-state index is -0.147. The van der Waals surface area contributed by atoms with E-state index in [9.17, 15) is 4.79 Å². The summed E-state index contributed by atoms with van der Waals surface area (Å²) in [6.45, 7) is 2.09. The quantitative estimate of drug-likeness (QED) is 0.669. The highest BCUT2D eigenvalue weighted by Gasteiger charge is 2.41. The van der Waals surface area contributed by atoms with Gasteiger partial charge in [0.1, 0.15) is 6.61 Å². The van der Waals surface area contributed by atoms with E-state index >= 15 is 0 Å². The number of ether oxygens (including phenoxy) is 2. The van der Waals surface area contributed by atoms with E-state index in [0.717, 1.165) is 32.5 Å². The number of carbonyl (C=O) groups is 1. The average molecular weight is 402 g/mol. The van der Waals surface area contributed by atoms with E-state index < -0.39 is 0 Å². The predicted molar refractivity (Wildman–Crippen MR) is 115 cm³/mol. The number of carbonyl (C=O) groups excluding carboxylic acids is 1. The van der Waals surface area contributed by atoms with Gasteiger partial charge < -0.3 is 9.47 Å². The van der Waals surface area contributed by atoms with E-state index in [1.54, 1.807) is 0 Å². The lowest BCUT2D eigenvalue weighted by molar-refractivity contribution is -0.0208. The highest BCUT2D eigenvalue weighted by molar-refractivity contribution is 5.79. The van der Waals surface area contributed by atoms with Crippen LogP contribution < -0.4 is 0 Å². The zero-order valence-electron chi connectivity index (χ0n) is 17.1. The van der Waals surface area contributed by atoms with Gasteiger partial charge in [-0.1, -0.05) is 60.2 Å². The third kappa shape index (κ3) is 2.89. The summed E-state index contributed by atoms with van der Waals surface area (Å²) in [7, 11) is 0. The van der Waals surface area contributed by atoms with Crippen LogP contribution in [0.5, 0.6) is 0 Å². The van der Waals surface area contributed by atoms with Crippen LogP contribution in [0.4, 0.5) is 4.79 Å². The van der Waals surface area contributed by atoms with Crippen LogP contribution in [0.2, 0.25) is 0 Å². The molecule has 4 aliphatic rings. The molecule has 0 N–H and O–H groups in total. The molecular weight excluding hydrogens is 374 g/mol. The van der Waals surface area contributed by atoms with Gasteiger partial charge in [-0.05, 0) is 47.9 Å². The molecule has 2 saturated heterocycles. The number of amides is 1. The highest BCUT2D eigenvalue weighted by atomic mass is 16.6. The Balaban J connectivity index is 1.21. The molecule has 2 bridgehead atoms. The SMILES string of the molecule is O=C(OCC1c2ccccc2-c2ccccc21)N1C2C=C(C3COC3)CC1CCC2. The number of hydrogen-bond donors (Lipinski definition) is 0. The lowest BCUT2D eigenvalue weighted by Crippen LogP contribution is -2.53. The minimum Gasteiger partial charge on any atom is -0.448 e. The molecular formula is C26H27NO3. The first kappa shape index (κ1) is 18.2. The van der Waals surface area contributed by atoms with Crippen molar-refractivity contribution in [2.24, 2.45) is 5.92 Å². The number of rotatable bonds is 3. The average Bonchev–Trinajstić information content (AvgIpc) is 3.04. The summed E-state index contributed by atoms with van der Waals surface area (Å²) in [5.41, 5.74) is 6.55. The predicted octanol–water partition coefficient (Wildman–Crippen LogP) is 5.14. The Morgan fingerprint density at radius 1 is 1.00 bits per heavy atom. The van der Waals surface area contributed by atoms with Crippen molar-refractivity contribution in [3.8, 4) is 11.1 Å². The van der Waals surface area contributed by atoms with E-state index in [2.05, 4.69) is 54.6 Å². The van der Waals surface area contributed by atoms with Crippen molar-refractivity contribution in [1.29, 1.82) is 0 Å². The Morgan fingerprint density at radius 2 is 1.70 bits per heavy atom. The Labute approximate surface area is 177 Å². The van der Waals surface area contributed by atoms with Crippen LogP contribution in [0.15, 0.2) is 60.2 Å². The Kier molecular flexibility index (Phi) is 4.41. The van der Waals surface area contributed by atoms with Crippen molar-refractivity contribution in [1.82, 2.24) is 4.90 Å². The summed E-state index contributed by atoms with van der Waals surface area (Å²) in [4.78, 5) is 15.2. The van der Waals surface area contributed by atoms with Crippen LogP contribution in [0.25, 0.3) is 11.1 Å². The first-order chi connectivity index (χ1) is 14.8. The van der Waals surface area contributed by atoms with Crippen molar-refractivity contribution in [2.75, 3.05) is 19.8 Å². The van der Waals surface area contributed by atoms with Crippen LogP contribution in [-0.4, -0.2) is 42.9 Å². The van der Waals surface area contributed by atoms with Gasteiger partial charge in [-0.2, -0.15) is 0 Å². The molecule has 0 aromatic heterocycles. The first-order valence-corrected chi connectivity index (χ1v) is 11.2. The standard InChI is InChI=1S/C26H27NO3/c28-26(27-19-6-5-7-20(27)13-17(12-19)18-14-29-15-18)30-16-25-23-10-3-1-8-21(23)22-9-2-4-11-24(22)25/h1-4,8-12,18-20,25H,5-7,13-16H2. The zero-order chi connectivity index (χ0) is 20.1. The van der Waals surface area contributed by atoms with Gasteiger partial charge in [0, 0.05) is 17.9 Å². The Hall–Kier alpha value is -2.59. The normalized spacial score (nSPS) is 25.2. The molecule has 4 heteroatoms. The van der Waals surface area contributed by atoms with Crippen LogP contribution in [0.3, 0.4) is 0 Å². The van der Waals surface area contributed by atoms with Crippen molar-refractivity contribution in [3.63, 3.8) is 0 Å². The van der Waals surface area contributed by atoms with Gasteiger partial charge in [0.05, 0.1) is 19.3 Å². The van der Waals surface area contributed by atoms with Crippen LogP contribution in [0, 0.1) is 5.92 Å². The third-order valence-electron chi connectivity index (χ3n) is 7.38. The summed E-state index contributed by atoms with van der Waals surface area (Å²) in [5.74, 6) is 0.682. The van der Waals surface area contributed by atoms with Crippen molar-refractivity contribution >= 4 is 6.09 Å². The molecule has 3 aliphatic heterocycles. The Bertz CT molecular complexity index is 963. The number of nitrogens with zero attached hydrogens (tertiary/aromatic N) is 1. The second-order valence-electron chi connectivity index (χ2n) is 9.04. The molecule has 2 atom stereocenters. The van der Waals surface area contributed by atoms with E-state index in [0.29, 0.717) is 12.5 Å². The van der Waals surface area contributed by atoms with Crippen molar-refractivity contribution < 1.29 is 14.3 Å². The smallest absolute Gasteiger partial charge is 0.410 e. The summed E-state index contributed by atoms with van der Waals surface area (Å²) in [5, 5.41) is 0. The van der Waals surface area contributed by atoms with Crippen molar-refractivity contribution in [2.45, 2.75) is 43.7 Å². The van der Waals surface area contributed by atoms with E-state index in [4.69, 9.17) is 9.47 Å². The lowest BCUT2D eigenvalue weighted by Gasteiger charge is -2.46. The number of hydrogen-bond acceptors (Lipinski definition) is 3. The summed E-state index contributed by atoms with van der Waals surface area (Å²) in [6, 6.07) is 17.4. The minimum absolute atomic E-state index is 0.115. The van der Waals surface area contributed by atoms with E-state index in [-0.39, 0.29) is 24.1 Å². The fourth-order valence-electron chi connectivity index (χ4n) is 5.77. The van der Waals surface area contributed by atoms with Gasteiger partial charge in [-0.3, -0.25) is 4.90 Å².